The summed E-state index contributed by atoms with van der Waals surface area (Å²) in [4.78, 5) is 25.5. The van der Waals surface area contributed by atoms with Crippen molar-refractivity contribution in [1.29, 1.82) is 0 Å². The van der Waals surface area contributed by atoms with Crippen LogP contribution in [0, 0.1) is 0 Å². The molecule has 2 N–H and O–H groups in total. The molecule has 0 spiro atoms. The highest BCUT2D eigenvalue weighted by Crippen LogP contribution is 2.30. The molecule has 0 aliphatic heterocycles. The summed E-state index contributed by atoms with van der Waals surface area (Å²) in [5.74, 6) is 0.842. The van der Waals surface area contributed by atoms with Crippen LogP contribution in [0.4, 0.5) is 11.4 Å². The molecule has 3 rings (SSSR count). The lowest BCUT2D eigenvalue weighted by molar-refractivity contribution is 0.101. The van der Waals surface area contributed by atoms with Gasteiger partial charge in [-0.2, -0.15) is 0 Å². The normalized spacial score (nSPS) is 10.2. The number of thiophene rings is 1. The van der Waals surface area contributed by atoms with Gasteiger partial charge in [-0.25, -0.2) is 0 Å². The lowest BCUT2D eigenvalue weighted by Gasteiger charge is -2.13. The van der Waals surface area contributed by atoms with E-state index in [9.17, 15) is 9.59 Å². The molecule has 0 atom stereocenters. The summed E-state index contributed by atoms with van der Waals surface area (Å²) in [6.45, 7) is 0. The minimum Gasteiger partial charge on any atom is -0.497 e. The molecule has 2 amide bonds. The number of benzene rings is 2. The van der Waals surface area contributed by atoms with E-state index in [0.29, 0.717) is 39.1 Å². The number of carbonyl (C=O) groups is 2. The first kappa shape index (κ1) is 20.2. The second-order valence-electron chi connectivity index (χ2n) is 5.87. The van der Waals surface area contributed by atoms with E-state index in [1.54, 1.807) is 49.6 Å². The van der Waals surface area contributed by atoms with Gasteiger partial charge in [-0.05, 0) is 35.7 Å². The minimum absolute atomic E-state index is 0.224. The number of hydrogen-bond donors (Lipinski definition) is 2. The first-order valence-corrected chi connectivity index (χ1v) is 9.50. The number of anilines is 2. The van der Waals surface area contributed by atoms with Crippen molar-refractivity contribution in [3.05, 3.63) is 64.4 Å². The van der Waals surface area contributed by atoms with Crippen molar-refractivity contribution in [3.63, 3.8) is 0 Å². The van der Waals surface area contributed by atoms with Crippen LogP contribution in [0.1, 0.15) is 20.0 Å². The zero-order valence-electron chi connectivity index (χ0n) is 16.1. The summed E-state index contributed by atoms with van der Waals surface area (Å²) >= 11 is 1.35. The van der Waals surface area contributed by atoms with Crippen molar-refractivity contribution in [2.45, 2.75) is 0 Å². The molecule has 0 saturated carbocycles. The number of rotatable bonds is 7. The highest BCUT2D eigenvalue weighted by atomic mass is 32.1. The van der Waals surface area contributed by atoms with Gasteiger partial charge in [0.05, 0.1) is 37.5 Å². The first-order chi connectivity index (χ1) is 14.0. The lowest BCUT2D eigenvalue weighted by Crippen LogP contribution is -2.14. The Kier molecular flexibility index (Phi) is 6.36. The largest absolute Gasteiger partial charge is 0.497 e. The molecule has 1 heterocycles. The van der Waals surface area contributed by atoms with Crippen LogP contribution in [0.15, 0.2) is 53.9 Å². The van der Waals surface area contributed by atoms with Crippen molar-refractivity contribution in [1.82, 2.24) is 0 Å². The predicted molar refractivity (Wildman–Crippen MR) is 113 cm³/mol. The number of nitrogens with one attached hydrogen (secondary N) is 2. The summed E-state index contributed by atoms with van der Waals surface area (Å²) in [6.07, 6.45) is 0. The molecule has 0 unspecified atom stereocenters. The van der Waals surface area contributed by atoms with Gasteiger partial charge in [0.2, 0.25) is 0 Å². The molecule has 1 aromatic heterocycles. The van der Waals surface area contributed by atoms with E-state index in [2.05, 4.69) is 10.6 Å². The lowest BCUT2D eigenvalue weighted by atomic mass is 10.1. The Morgan fingerprint density at radius 2 is 1.62 bits per heavy atom. The number of hydrogen-bond acceptors (Lipinski definition) is 6. The molecule has 0 saturated heterocycles. The van der Waals surface area contributed by atoms with Crippen molar-refractivity contribution in [2.75, 3.05) is 32.0 Å². The van der Waals surface area contributed by atoms with Crippen LogP contribution in [-0.4, -0.2) is 33.1 Å². The van der Waals surface area contributed by atoms with Crippen molar-refractivity contribution in [3.8, 4) is 17.2 Å². The van der Waals surface area contributed by atoms with Gasteiger partial charge in [-0.1, -0.05) is 6.07 Å². The third-order valence-electron chi connectivity index (χ3n) is 4.11. The fourth-order valence-electron chi connectivity index (χ4n) is 2.65. The summed E-state index contributed by atoms with van der Waals surface area (Å²) in [7, 11) is 4.52. The SMILES string of the molecule is COc1ccc(C(=O)Nc2ccc(NC(=O)c3cccs3)c(OC)c2)c(OC)c1. The Labute approximate surface area is 172 Å². The number of ether oxygens (including phenoxy) is 3. The smallest absolute Gasteiger partial charge is 0.265 e. The standard InChI is InChI=1S/C21H20N2O5S/c1-26-14-7-8-15(17(12-14)27-2)20(24)22-13-6-9-16(18(11-13)28-3)23-21(25)19-5-4-10-29-19/h4-12H,1-3H3,(H,22,24)(H,23,25). The highest BCUT2D eigenvalue weighted by molar-refractivity contribution is 7.12. The Balaban J connectivity index is 1.78. The van der Waals surface area contributed by atoms with E-state index in [4.69, 9.17) is 14.2 Å². The van der Waals surface area contributed by atoms with E-state index in [1.807, 2.05) is 11.4 Å². The molecular formula is C21H20N2O5S. The molecular weight excluding hydrogens is 392 g/mol. The van der Waals surface area contributed by atoms with Crippen LogP contribution < -0.4 is 24.8 Å². The average Bonchev–Trinajstić information content (AvgIpc) is 3.29. The van der Waals surface area contributed by atoms with Crippen LogP contribution in [0.5, 0.6) is 17.2 Å². The van der Waals surface area contributed by atoms with Crippen LogP contribution >= 0.6 is 11.3 Å². The van der Waals surface area contributed by atoms with Gasteiger partial charge in [0.15, 0.2) is 0 Å². The fourth-order valence-corrected chi connectivity index (χ4v) is 3.27. The molecule has 2 aromatic carbocycles. The monoisotopic (exact) mass is 412 g/mol. The van der Waals surface area contributed by atoms with E-state index in [0.717, 1.165) is 0 Å². The van der Waals surface area contributed by atoms with Gasteiger partial charge >= 0.3 is 0 Å². The zero-order valence-corrected chi connectivity index (χ0v) is 17.0. The Morgan fingerprint density at radius 3 is 2.28 bits per heavy atom. The van der Waals surface area contributed by atoms with Gasteiger partial charge < -0.3 is 24.8 Å². The fraction of sp³-hybridized carbons (Fsp3) is 0.143. The Hall–Kier alpha value is -3.52. The molecule has 0 bridgehead atoms. The van der Waals surface area contributed by atoms with Crippen molar-refractivity contribution >= 4 is 34.5 Å². The van der Waals surface area contributed by atoms with E-state index in [-0.39, 0.29) is 11.8 Å². The molecule has 0 aliphatic carbocycles. The first-order valence-electron chi connectivity index (χ1n) is 8.62. The molecule has 150 valence electrons. The third kappa shape index (κ3) is 4.67. The van der Waals surface area contributed by atoms with E-state index < -0.39 is 0 Å². The van der Waals surface area contributed by atoms with Crippen molar-refractivity contribution < 1.29 is 23.8 Å². The minimum atomic E-state index is -0.345. The molecule has 0 fully saturated rings. The summed E-state index contributed by atoms with van der Waals surface area (Å²) in [6, 6.07) is 13.5. The summed E-state index contributed by atoms with van der Waals surface area (Å²) < 4.78 is 15.8. The quantitative estimate of drug-likeness (QED) is 0.605. The maximum absolute atomic E-state index is 12.7. The molecule has 29 heavy (non-hydrogen) atoms. The van der Waals surface area contributed by atoms with E-state index >= 15 is 0 Å². The average molecular weight is 412 g/mol. The van der Waals surface area contributed by atoms with Gasteiger partial charge in [0.1, 0.15) is 17.2 Å². The third-order valence-corrected chi connectivity index (χ3v) is 4.97. The predicted octanol–water partition coefficient (Wildman–Crippen LogP) is 4.28. The number of methoxy groups -OCH3 is 3. The number of amides is 2. The topological polar surface area (TPSA) is 85.9 Å². The molecule has 0 aliphatic rings. The Bertz CT molecular complexity index is 1020. The molecule has 7 nitrogen and oxygen atoms in total. The van der Waals surface area contributed by atoms with Crippen LogP contribution in [0.2, 0.25) is 0 Å². The van der Waals surface area contributed by atoms with Crippen LogP contribution in [0.3, 0.4) is 0 Å². The maximum atomic E-state index is 12.7. The second kappa shape index (κ2) is 9.11. The van der Waals surface area contributed by atoms with E-state index in [1.165, 1.54) is 25.6 Å². The number of carbonyl (C=O) groups excluding carboxylic acids is 2. The Morgan fingerprint density at radius 1 is 0.828 bits per heavy atom. The summed E-state index contributed by atoms with van der Waals surface area (Å²) in [5.41, 5.74) is 1.38. The maximum Gasteiger partial charge on any atom is 0.265 e. The van der Waals surface area contributed by atoms with Crippen molar-refractivity contribution in [2.24, 2.45) is 0 Å². The second-order valence-corrected chi connectivity index (χ2v) is 6.81. The van der Waals surface area contributed by atoms with Gasteiger partial charge in [-0.3, -0.25) is 9.59 Å². The molecule has 3 aromatic rings. The van der Waals surface area contributed by atoms with Gasteiger partial charge in [-0.15, -0.1) is 11.3 Å². The van der Waals surface area contributed by atoms with Crippen LogP contribution in [-0.2, 0) is 0 Å². The van der Waals surface area contributed by atoms with Gasteiger partial charge in [0.25, 0.3) is 11.8 Å². The zero-order chi connectivity index (χ0) is 20.8. The summed E-state index contributed by atoms with van der Waals surface area (Å²) in [5, 5.41) is 7.44. The molecule has 0 radical (unpaired) electrons. The van der Waals surface area contributed by atoms with Crippen LogP contribution in [0.25, 0.3) is 0 Å². The van der Waals surface area contributed by atoms with Gasteiger partial charge in [0, 0.05) is 17.8 Å². The highest BCUT2D eigenvalue weighted by Gasteiger charge is 2.16. The molecule has 8 heteroatoms.